The van der Waals surface area contributed by atoms with Crippen LogP contribution in [-0.4, -0.2) is 17.2 Å². The smallest absolute Gasteiger partial charge is 0.0469 e. The summed E-state index contributed by atoms with van der Waals surface area (Å²) in [4.78, 5) is 8.06. The summed E-state index contributed by atoms with van der Waals surface area (Å²) in [7, 11) is 0. The van der Waals surface area contributed by atoms with Crippen LogP contribution >= 0.6 is 0 Å². The molecule has 2 heteroatoms. The van der Waals surface area contributed by atoms with Crippen molar-refractivity contribution in [1.82, 2.24) is 4.98 Å². The van der Waals surface area contributed by atoms with Crippen LogP contribution in [0.3, 0.4) is 0 Å². The van der Waals surface area contributed by atoms with Crippen molar-refractivity contribution in [3.8, 4) is 0 Å². The van der Waals surface area contributed by atoms with Crippen LogP contribution in [-0.2, 0) is 6.42 Å². The van der Waals surface area contributed by atoms with Gasteiger partial charge in [-0.2, -0.15) is 0 Å². The molecule has 0 aromatic carbocycles. The Bertz CT molecular complexity index is 469. The van der Waals surface area contributed by atoms with Gasteiger partial charge < -0.3 is 4.98 Å². The van der Waals surface area contributed by atoms with Gasteiger partial charge >= 0.3 is 0 Å². The van der Waals surface area contributed by atoms with E-state index in [1.807, 2.05) is 18.3 Å². The lowest BCUT2D eigenvalue weighted by atomic mass is 9.85. The standard InChI is InChI=1S/C14H16N2/c1-2-4-9-15-13-7-6-11-8-10-16-14(11)12(13)5-3-1/h1-5,9,11,15H,6-8,10H2. The lowest BCUT2D eigenvalue weighted by Crippen LogP contribution is -2.20. The molecular weight excluding hydrogens is 196 g/mol. The van der Waals surface area contributed by atoms with Gasteiger partial charge in [-0.05, 0) is 25.3 Å². The SMILES string of the molecule is c1cccc2c([nH]cc1)CCC1CCN=C21. The monoisotopic (exact) mass is 212 g/mol. The summed E-state index contributed by atoms with van der Waals surface area (Å²) in [5.41, 5.74) is 3.98. The topological polar surface area (TPSA) is 28.1 Å². The molecular formula is C14H16N2. The van der Waals surface area contributed by atoms with Gasteiger partial charge in [-0.3, -0.25) is 4.99 Å². The fraction of sp³-hybridized carbons (Fsp3) is 0.357. The number of H-pyrrole nitrogens is 1. The highest BCUT2D eigenvalue weighted by atomic mass is 14.8. The molecule has 0 radical (unpaired) electrons. The molecule has 1 aliphatic heterocycles. The van der Waals surface area contributed by atoms with Crippen molar-refractivity contribution < 1.29 is 0 Å². The zero-order chi connectivity index (χ0) is 10.8. The normalized spacial score (nSPS) is 21.8. The Labute approximate surface area is 95.8 Å². The molecule has 0 bridgehead atoms. The summed E-state index contributed by atoms with van der Waals surface area (Å²) in [6.45, 7) is 1.01. The van der Waals surface area contributed by atoms with E-state index >= 15 is 0 Å². The second-order valence-corrected chi connectivity index (χ2v) is 4.43. The van der Waals surface area contributed by atoms with Crippen molar-refractivity contribution in [2.24, 2.45) is 10.9 Å². The second kappa shape index (κ2) is 4.12. The Hall–Kier alpha value is -1.57. The van der Waals surface area contributed by atoms with Crippen molar-refractivity contribution in [1.29, 1.82) is 0 Å². The molecule has 1 atom stereocenters. The van der Waals surface area contributed by atoms with Crippen LogP contribution in [0.2, 0.25) is 0 Å². The molecule has 1 aromatic rings. The Morgan fingerprint density at radius 1 is 1.12 bits per heavy atom. The third-order valence-electron chi connectivity index (χ3n) is 3.44. The van der Waals surface area contributed by atoms with Crippen LogP contribution in [0.5, 0.6) is 0 Å². The van der Waals surface area contributed by atoms with Gasteiger partial charge in [0.1, 0.15) is 0 Å². The highest BCUT2D eigenvalue weighted by Crippen LogP contribution is 2.29. The van der Waals surface area contributed by atoms with E-state index in [-0.39, 0.29) is 0 Å². The Morgan fingerprint density at radius 3 is 3.06 bits per heavy atom. The summed E-state index contributed by atoms with van der Waals surface area (Å²) in [5, 5.41) is 0. The molecule has 82 valence electrons. The van der Waals surface area contributed by atoms with Crippen LogP contribution < -0.4 is 0 Å². The fourth-order valence-electron chi connectivity index (χ4n) is 2.62. The zero-order valence-electron chi connectivity index (χ0n) is 9.32. The lowest BCUT2D eigenvalue weighted by molar-refractivity contribution is 0.599. The number of rotatable bonds is 0. The molecule has 0 saturated carbocycles. The molecule has 1 aliphatic carbocycles. The summed E-state index contributed by atoms with van der Waals surface area (Å²) in [5.74, 6) is 0.707. The van der Waals surface area contributed by atoms with E-state index in [9.17, 15) is 0 Å². The zero-order valence-corrected chi connectivity index (χ0v) is 9.32. The van der Waals surface area contributed by atoms with Crippen molar-refractivity contribution in [2.75, 3.05) is 6.54 Å². The number of hydrogen-bond acceptors (Lipinski definition) is 1. The first kappa shape index (κ1) is 9.64. The minimum atomic E-state index is 0.707. The molecule has 0 amide bonds. The maximum Gasteiger partial charge on any atom is 0.0469 e. The van der Waals surface area contributed by atoms with Crippen LogP contribution in [0.25, 0.3) is 0 Å². The van der Waals surface area contributed by atoms with Gasteiger partial charge in [-0.25, -0.2) is 0 Å². The van der Waals surface area contributed by atoms with Gasteiger partial charge in [0.15, 0.2) is 0 Å². The van der Waals surface area contributed by atoms with E-state index in [0.717, 1.165) is 13.0 Å². The molecule has 16 heavy (non-hydrogen) atoms. The van der Waals surface area contributed by atoms with E-state index in [1.165, 1.54) is 29.8 Å². The Balaban J connectivity index is 2.19. The van der Waals surface area contributed by atoms with Gasteiger partial charge in [0, 0.05) is 35.6 Å². The molecule has 2 nitrogen and oxygen atoms in total. The number of fused-ring (bicyclic) bond motifs is 3. The van der Waals surface area contributed by atoms with Crippen LogP contribution in [0.1, 0.15) is 24.1 Å². The quantitative estimate of drug-likeness (QED) is 0.685. The number of aromatic nitrogens is 1. The Morgan fingerprint density at radius 2 is 2.06 bits per heavy atom. The predicted molar refractivity (Wildman–Crippen MR) is 66.3 cm³/mol. The summed E-state index contributed by atoms with van der Waals surface area (Å²) in [6, 6.07) is 10.4. The van der Waals surface area contributed by atoms with Crippen LogP contribution in [0, 0.1) is 5.92 Å². The molecule has 2 aliphatic rings. The summed E-state index contributed by atoms with van der Waals surface area (Å²) < 4.78 is 0. The van der Waals surface area contributed by atoms with Gasteiger partial charge in [0.05, 0.1) is 0 Å². The number of aromatic amines is 1. The molecule has 2 heterocycles. The van der Waals surface area contributed by atoms with Crippen LogP contribution in [0.4, 0.5) is 0 Å². The highest BCUT2D eigenvalue weighted by Gasteiger charge is 2.27. The first-order chi connectivity index (χ1) is 7.95. The maximum absolute atomic E-state index is 4.66. The highest BCUT2D eigenvalue weighted by molar-refractivity contribution is 6.04. The first-order valence-electron chi connectivity index (χ1n) is 5.99. The minimum absolute atomic E-state index is 0.707. The van der Waals surface area contributed by atoms with Gasteiger partial charge in [-0.15, -0.1) is 0 Å². The number of nitrogens with one attached hydrogen (secondary N) is 1. The third-order valence-corrected chi connectivity index (χ3v) is 3.44. The molecule has 1 N–H and O–H groups in total. The number of aryl methyl sites for hydroxylation is 1. The van der Waals surface area contributed by atoms with Gasteiger partial charge in [0.2, 0.25) is 0 Å². The molecule has 1 aromatic heterocycles. The van der Waals surface area contributed by atoms with E-state index in [4.69, 9.17) is 0 Å². The minimum Gasteiger partial charge on any atom is -0.364 e. The van der Waals surface area contributed by atoms with Crippen LogP contribution in [0.15, 0.2) is 41.5 Å². The molecule has 1 unspecified atom stereocenters. The van der Waals surface area contributed by atoms with Crippen molar-refractivity contribution in [3.63, 3.8) is 0 Å². The van der Waals surface area contributed by atoms with E-state index in [2.05, 4.69) is 28.2 Å². The first-order valence-corrected chi connectivity index (χ1v) is 5.99. The van der Waals surface area contributed by atoms with Gasteiger partial charge in [0.25, 0.3) is 0 Å². The number of aliphatic imine (C=N–C) groups is 1. The van der Waals surface area contributed by atoms with E-state index < -0.39 is 0 Å². The molecule has 3 rings (SSSR count). The fourth-order valence-corrected chi connectivity index (χ4v) is 2.62. The maximum atomic E-state index is 4.66. The molecule has 0 saturated heterocycles. The van der Waals surface area contributed by atoms with Crippen molar-refractivity contribution in [3.05, 3.63) is 47.8 Å². The average Bonchev–Trinajstić information content (AvgIpc) is 2.80. The second-order valence-electron chi connectivity index (χ2n) is 4.43. The van der Waals surface area contributed by atoms with Crippen molar-refractivity contribution >= 4 is 5.71 Å². The molecule has 0 spiro atoms. The van der Waals surface area contributed by atoms with Gasteiger partial charge in [-0.1, -0.05) is 24.3 Å². The summed E-state index contributed by atoms with van der Waals surface area (Å²) >= 11 is 0. The summed E-state index contributed by atoms with van der Waals surface area (Å²) in [6.07, 6.45) is 5.65. The largest absolute Gasteiger partial charge is 0.364 e. The lowest BCUT2D eigenvalue weighted by Gasteiger charge is -2.20. The van der Waals surface area contributed by atoms with E-state index in [0.29, 0.717) is 5.92 Å². The Kier molecular flexibility index (Phi) is 2.49. The molecule has 0 fully saturated rings. The number of hydrogen-bond donors (Lipinski definition) is 1. The van der Waals surface area contributed by atoms with Crippen molar-refractivity contribution in [2.45, 2.75) is 19.3 Å². The predicted octanol–water partition coefficient (Wildman–Crippen LogP) is 2.89. The van der Waals surface area contributed by atoms with E-state index in [1.54, 1.807) is 0 Å². The number of nitrogens with zero attached hydrogens (tertiary/aromatic N) is 1. The average molecular weight is 212 g/mol. The third kappa shape index (κ3) is 1.64.